The molecule has 0 saturated carbocycles. The quantitative estimate of drug-likeness (QED) is 0.912. The summed E-state index contributed by atoms with van der Waals surface area (Å²) >= 11 is 6.04. The Bertz CT molecular complexity index is 542. The van der Waals surface area contributed by atoms with Crippen LogP contribution in [0.1, 0.15) is 37.0 Å². The molecule has 1 fully saturated rings. The van der Waals surface area contributed by atoms with Crippen LogP contribution in [0, 0.1) is 5.41 Å². The first kappa shape index (κ1) is 14.9. The number of rotatable bonds is 2. The van der Waals surface area contributed by atoms with Crippen molar-refractivity contribution in [3.63, 3.8) is 0 Å². The lowest BCUT2D eigenvalue weighted by molar-refractivity contribution is -0.148. The lowest BCUT2D eigenvalue weighted by Gasteiger charge is -2.44. The summed E-state index contributed by atoms with van der Waals surface area (Å²) in [6.45, 7) is 4.22. The number of halogens is 1. The van der Waals surface area contributed by atoms with Crippen LogP contribution < -0.4 is 0 Å². The number of hydrogen-bond acceptors (Lipinski definition) is 2. The Morgan fingerprint density at radius 2 is 2.00 bits per heavy atom. The predicted octanol–water partition coefficient (Wildman–Crippen LogP) is 3.06. The standard InChI is InChI=1S/C15H18ClNO3/c1-15(2)8-5-9-17(12(15)14(19)20)13(18)10-6-3-4-7-11(10)16/h3-4,6-7,12H,5,8-9H2,1-2H3,(H,19,20). The summed E-state index contributed by atoms with van der Waals surface area (Å²) in [6, 6.07) is 5.92. The van der Waals surface area contributed by atoms with E-state index in [2.05, 4.69) is 0 Å². The monoisotopic (exact) mass is 295 g/mol. The highest BCUT2D eigenvalue weighted by Gasteiger charge is 2.44. The molecule has 1 aliphatic heterocycles. The van der Waals surface area contributed by atoms with Gasteiger partial charge in [-0.25, -0.2) is 4.79 Å². The van der Waals surface area contributed by atoms with Gasteiger partial charge in [0.2, 0.25) is 0 Å². The first-order valence-electron chi connectivity index (χ1n) is 6.63. The summed E-state index contributed by atoms with van der Waals surface area (Å²) in [4.78, 5) is 25.6. The Kier molecular flexibility index (Phi) is 4.04. The normalized spacial score (nSPS) is 21.6. The second-order valence-corrected chi connectivity index (χ2v) is 6.22. The van der Waals surface area contributed by atoms with Gasteiger partial charge in [-0.1, -0.05) is 37.6 Å². The minimum Gasteiger partial charge on any atom is -0.480 e. The summed E-state index contributed by atoms with van der Waals surface area (Å²) in [7, 11) is 0. The zero-order valence-electron chi connectivity index (χ0n) is 11.6. The number of carbonyl (C=O) groups is 2. The molecule has 0 spiro atoms. The summed E-state index contributed by atoms with van der Waals surface area (Å²) in [5, 5.41) is 9.83. The Morgan fingerprint density at radius 3 is 2.60 bits per heavy atom. The van der Waals surface area contributed by atoms with Crippen LogP contribution in [0.2, 0.25) is 5.02 Å². The van der Waals surface area contributed by atoms with E-state index in [1.807, 2.05) is 13.8 Å². The molecule has 1 atom stereocenters. The van der Waals surface area contributed by atoms with Gasteiger partial charge >= 0.3 is 5.97 Å². The lowest BCUT2D eigenvalue weighted by atomic mass is 9.76. The van der Waals surface area contributed by atoms with Gasteiger partial charge in [-0.05, 0) is 30.4 Å². The Hall–Kier alpha value is -1.55. The number of likely N-dealkylation sites (tertiary alicyclic amines) is 1. The number of benzene rings is 1. The molecule has 4 nitrogen and oxygen atoms in total. The molecule has 5 heteroatoms. The van der Waals surface area contributed by atoms with E-state index in [1.165, 1.54) is 4.90 Å². The van der Waals surface area contributed by atoms with Crippen molar-refractivity contribution in [1.82, 2.24) is 4.90 Å². The maximum atomic E-state index is 12.6. The molecule has 0 aromatic heterocycles. The lowest BCUT2D eigenvalue weighted by Crippen LogP contribution is -2.56. The molecule has 1 unspecified atom stereocenters. The molecule has 1 heterocycles. The third kappa shape index (κ3) is 2.66. The van der Waals surface area contributed by atoms with E-state index in [0.717, 1.165) is 12.8 Å². The summed E-state index contributed by atoms with van der Waals surface area (Å²) in [5.74, 6) is -1.27. The van der Waals surface area contributed by atoms with Crippen molar-refractivity contribution >= 4 is 23.5 Å². The molecule has 1 amide bonds. The van der Waals surface area contributed by atoms with Crippen molar-refractivity contribution < 1.29 is 14.7 Å². The number of amides is 1. The third-order valence-electron chi connectivity index (χ3n) is 3.87. The molecule has 1 aliphatic rings. The molecule has 108 valence electrons. The van der Waals surface area contributed by atoms with Gasteiger partial charge in [0.15, 0.2) is 0 Å². The minimum atomic E-state index is -0.963. The molecule has 1 saturated heterocycles. The van der Waals surface area contributed by atoms with Crippen LogP contribution in [0.25, 0.3) is 0 Å². The average molecular weight is 296 g/mol. The van der Waals surface area contributed by atoms with Crippen LogP contribution in [-0.4, -0.2) is 34.5 Å². The number of aliphatic carboxylic acids is 1. The Balaban J connectivity index is 2.37. The number of carboxylic acids is 1. The molecular formula is C15H18ClNO3. The van der Waals surface area contributed by atoms with E-state index in [9.17, 15) is 14.7 Å². The van der Waals surface area contributed by atoms with Crippen molar-refractivity contribution in [3.05, 3.63) is 34.9 Å². The highest BCUT2D eigenvalue weighted by molar-refractivity contribution is 6.33. The number of nitrogens with zero attached hydrogens (tertiary/aromatic N) is 1. The molecule has 0 aliphatic carbocycles. The van der Waals surface area contributed by atoms with E-state index < -0.39 is 17.4 Å². The molecule has 20 heavy (non-hydrogen) atoms. The van der Waals surface area contributed by atoms with E-state index in [1.54, 1.807) is 24.3 Å². The van der Waals surface area contributed by atoms with Gasteiger partial charge in [-0.15, -0.1) is 0 Å². The van der Waals surface area contributed by atoms with E-state index >= 15 is 0 Å². The fourth-order valence-electron chi connectivity index (χ4n) is 2.87. The molecule has 1 aromatic carbocycles. The molecular weight excluding hydrogens is 278 g/mol. The van der Waals surface area contributed by atoms with Gasteiger partial charge in [-0.3, -0.25) is 4.79 Å². The van der Waals surface area contributed by atoms with Crippen LogP contribution in [0.5, 0.6) is 0 Å². The summed E-state index contributed by atoms with van der Waals surface area (Å²) in [5.41, 5.74) is -0.0841. The van der Waals surface area contributed by atoms with E-state index in [0.29, 0.717) is 17.1 Å². The maximum Gasteiger partial charge on any atom is 0.326 e. The zero-order valence-corrected chi connectivity index (χ0v) is 12.4. The van der Waals surface area contributed by atoms with Gasteiger partial charge in [0, 0.05) is 6.54 Å². The number of carbonyl (C=O) groups excluding carboxylic acids is 1. The second kappa shape index (κ2) is 5.44. The first-order valence-corrected chi connectivity index (χ1v) is 7.01. The van der Waals surface area contributed by atoms with Crippen LogP contribution >= 0.6 is 11.6 Å². The largest absolute Gasteiger partial charge is 0.480 e. The Labute approximate surface area is 123 Å². The number of carboxylic acid groups (broad SMARTS) is 1. The van der Waals surface area contributed by atoms with E-state index in [-0.39, 0.29) is 5.91 Å². The van der Waals surface area contributed by atoms with Crippen LogP contribution in [0.3, 0.4) is 0 Å². The molecule has 2 rings (SSSR count). The van der Waals surface area contributed by atoms with Gasteiger partial charge in [-0.2, -0.15) is 0 Å². The van der Waals surface area contributed by atoms with Gasteiger partial charge in [0.05, 0.1) is 10.6 Å². The molecule has 1 aromatic rings. The summed E-state index contributed by atoms with van der Waals surface area (Å²) < 4.78 is 0. The fraction of sp³-hybridized carbons (Fsp3) is 0.467. The number of hydrogen-bond donors (Lipinski definition) is 1. The second-order valence-electron chi connectivity index (χ2n) is 5.81. The van der Waals surface area contributed by atoms with Crippen LogP contribution in [0.4, 0.5) is 0 Å². The van der Waals surface area contributed by atoms with Gasteiger partial charge in [0.25, 0.3) is 5.91 Å². The molecule has 0 radical (unpaired) electrons. The fourth-order valence-corrected chi connectivity index (χ4v) is 3.09. The Morgan fingerprint density at radius 1 is 1.35 bits per heavy atom. The highest BCUT2D eigenvalue weighted by atomic mass is 35.5. The zero-order chi connectivity index (χ0) is 14.9. The SMILES string of the molecule is CC1(C)CCCN(C(=O)c2ccccc2Cl)C1C(=O)O. The predicted molar refractivity (Wildman–Crippen MR) is 76.9 cm³/mol. The van der Waals surface area contributed by atoms with E-state index in [4.69, 9.17) is 11.6 Å². The summed E-state index contributed by atoms with van der Waals surface area (Å²) in [6.07, 6.45) is 1.59. The van der Waals surface area contributed by atoms with Gasteiger partial charge < -0.3 is 10.0 Å². The smallest absolute Gasteiger partial charge is 0.326 e. The van der Waals surface area contributed by atoms with Crippen LogP contribution in [0.15, 0.2) is 24.3 Å². The van der Waals surface area contributed by atoms with Crippen molar-refractivity contribution in [3.8, 4) is 0 Å². The van der Waals surface area contributed by atoms with Crippen molar-refractivity contribution in [2.75, 3.05) is 6.54 Å². The average Bonchev–Trinajstić information content (AvgIpc) is 2.36. The first-order chi connectivity index (χ1) is 9.34. The molecule has 0 bridgehead atoms. The van der Waals surface area contributed by atoms with Gasteiger partial charge in [0.1, 0.15) is 6.04 Å². The van der Waals surface area contributed by atoms with Crippen molar-refractivity contribution in [2.45, 2.75) is 32.7 Å². The molecule has 1 N–H and O–H groups in total. The number of piperidine rings is 1. The highest BCUT2D eigenvalue weighted by Crippen LogP contribution is 2.36. The maximum absolute atomic E-state index is 12.6. The van der Waals surface area contributed by atoms with Crippen molar-refractivity contribution in [1.29, 1.82) is 0 Å². The van der Waals surface area contributed by atoms with Crippen molar-refractivity contribution in [2.24, 2.45) is 5.41 Å². The van der Waals surface area contributed by atoms with Crippen LogP contribution in [-0.2, 0) is 4.79 Å². The topological polar surface area (TPSA) is 57.6 Å². The minimum absolute atomic E-state index is 0.309. The third-order valence-corrected chi connectivity index (χ3v) is 4.20.